The molecule has 0 saturated carbocycles. The van der Waals surface area contributed by atoms with Gasteiger partial charge in [0.25, 0.3) is 0 Å². The lowest BCUT2D eigenvalue weighted by molar-refractivity contribution is 0.0636. The molecule has 0 aliphatic carbocycles. The fourth-order valence-corrected chi connectivity index (χ4v) is 1.16. The number of nitrogens with one attached hydrogen (secondary N) is 1. The number of hydrogen-bond donors (Lipinski definition) is 1. The quantitative estimate of drug-likeness (QED) is 0.815. The van der Waals surface area contributed by atoms with E-state index in [0.717, 1.165) is 6.07 Å². The Kier molecular flexibility index (Phi) is 3.69. The Hall–Kier alpha value is -2.09. The van der Waals surface area contributed by atoms with Gasteiger partial charge in [0.1, 0.15) is 23.1 Å². The van der Waals surface area contributed by atoms with Crippen LogP contribution >= 0.6 is 0 Å². The topological polar surface area (TPSA) is 62.1 Å². The van der Waals surface area contributed by atoms with Gasteiger partial charge in [-0.15, -0.1) is 0 Å². The average Bonchev–Trinajstić information content (AvgIpc) is 2.14. The van der Waals surface area contributed by atoms with Gasteiger partial charge in [-0.1, -0.05) is 6.07 Å². The van der Waals surface area contributed by atoms with Gasteiger partial charge in [0.05, 0.1) is 5.69 Å². The van der Waals surface area contributed by atoms with Crippen molar-refractivity contribution in [1.29, 1.82) is 5.26 Å². The molecule has 1 N–H and O–H groups in total. The Bertz CT molecular complexity index is 472. The first-order valence-corrected chi connectivity index (χ1v) is 5.02. The molecule has 0 spiro atoms. The zero-order valence-corrected chi connectivity index (χ0v) is 9.87. The van der Waals surface area contributed by atoms with Gasteiger partial charge in [-0.2, -0.15) is 5.26 Å². The predicted molar refractivity (Wildman–Crippen MR) is 61.0 cm³/mol. The highest BCUT2D eigenvalue weighted by Crippen LogP contribution is 2.18. The number of carbonyl (C=O) groups excluding carboxylic acids is 1. The smallest absolute Gasteiger partial charge is 0.412 e. The largest absolute Gasteiger partial charge is 0.444 e. The third-order valence-electron chi connectivity index (χ3n) is 1.76. The van der Waals surface area contributed by atoms with E-state index in [1.54, 1.807) is 26.8 Å². The molecule has 4 nitrogen and oxygen atoms in total. The molecule has 0 atom stereocenters. The predicted octanol–water partition coefficient (Wildman–Crippen LogP) is 3.04. The van der Waals surface area contributed by atoms with E-state index in [9.17, 15) is 9.18 Å². The van der Waals surface area contributed by atoms with Crippen LogP contribution < -0.4 is 5.32 Å². The lowest BCUT2D eigenvalue weighted by atomic mass is 10.2. The van der Waals surface area contributed by atoms with E-state index in [1.165, 1.54) is 12.1 Å². The molecule has 1 amide bonds. The molecule has 0 radical (unpaired) electrons. The Labute approximate surface area is 99.0 Å². The number of anilines is 1. The van der Waals surface area contributed by atoms with Gasteiger partial charge < -0.3 is 4.74 Å². The number of nitrogens with zero attached hydrogens (tertiary/aromatic N) is 1. The molecule has 17 heavy (non-hydrogen) atoms. The van der Waals surface area contributed by atoms with Crippen LogP contribution in [0.1, 0.15) is 26.3 Å². The summed E-state index contributed by atoms with van der Waals surface area (Å²) in [4.78, 5) is 11.4. The van der Waals surface area contributed by atoms with Crippen molar-refractivity contribution in [1.82, 2.24) is 0 Å². The van der Waals surface area contributed by atoms with Crippen LogP contribution in [0, 0.1) is 17.1 Å². The van der Waals surface area contributed by atoms with Crippen LogP contribution in [0.4, 0.5) is 14.9 Å². The highest BCUT2D eigenvalue weighted by atomic mass is 19.1. The second-order valence-electron chi connectivity index (χ2n) is 4.40. The highest BCUT2D eigenvalue weighted by molar-refractivity contribution is 5.86. The Balaban J connectivity index is 2.87. The SMILES string of the molecule is CC(C)(C)OC(=O)Nc1cccc(F)c1C#N. The van der Waals surface area contributed by atoms with E-state index in [1.807, 2.05) is 0 Å². The molecule has 90 valence electrons. The van der Waals surface area contributed by atoms with E-state index in [0.29, 0.717) is 0 Å². The molecule has 0 unspecified atom stereocenters. The standard InChI is InChI=1S/C12H13FN2O2/c1-12(2,3)17-11(16)15-10-6-4-5-9(13)8(10)7-14/h4-6H,1-3H3,(H,15,16). The van der Waals surface area contributed by atoms with Gasteiger partial charge in [-0.05, 0) is 32.9 Å². The Morgan fingerprint density at radius 2 is 2.12 bits per heavy atom. The molecule has 0 heterocycles. The summed E-state index contributed by atoms with van der Waals surface area (Å²) in [5.41, 5.74) is -0.760. The van der Waals surface area contributed by atoms with Crippen LogP contribution in [0.15, 0.2) is 18.2 Å². The molecule has 0 aliphatic heterocycles. The van der Waals surface area contributed by atoms with Crippen molar-refractivity contribution in [3.05, 3.63) is 29.6 Å². The van der Waals surface area contributed by atoms with Gasteiger partial charge in [0.2, 0.25) is 0 Å². The molecule has 0 aromatic heterocycles. The first-order valence-electron chi connectivity index (χ1n) is 5.02. The number of hydrogen-bond acceptors (Lipinski definition) is 3. The van der Waals surface area contributed by atoms with E-state index in [4.69, 9.17) is 10.00 Å². The summed E-state index contributed by atoms with van der Waals surface area (Å²) in [6.07, 6.45) is -0.723. The van der Waals surface area contributed by atoms with Crippen molar-refractivity contribution in [3.63, 3.8) is 0 Å². The molecule has 1 aromatic carbocycles. The number of carbonyl (C=O) groups is 1. The Morgan fingerprint density at radius 3 is 2.65 bits per heavy atom. The second-order valence-corrected chi connectivity index (χ2v) is 4.40. The van der Waals surface area contributed by atoms with Gasteiger partial charge in [-0.3, -0.25) is 5.32 Å². The third kappa shape index (κ3) is 3.76. The monoisotopic (exact) mass is 236 g/mol. The van der Waals surface area contributed by atoms with Crippen LogP contribution in [0.3, 0.4) is 0 Å². The van der Waals surface area contributed by atoms with Crippen molar-refractivity contribution in [2.45, 2.75) is 26.4 Å². The molecule has 0 fully saturated rings. The molecule has 1 rings (SSSR count). The summed E-state index contributed by atoms with van der Waals surface area (Å²) >= 11 is 0. The number of rotatable bonds is 1. The summed E-state index contributed by atoms with van der Waals surface area (Å²) in [6.45, 7) is 5.14. The molecule has 0 bridgehead atoms. The number of amides is 1. The lowest BCUT2D eigenvalue weighted by Gasteiger charge is -2.19. The van der Waals surface area contributed by atoms with Crippen LogP contribution in [-0.2, 0) is 4.74 Å². The molecule has 0 saturated heterocycles. The summed E-state index contributed by atoms with van der Waals surface area (Å²) in [5.74, 6) is -0.680. The van der Waals surface area contributed by atoms with Gasteiger partial charge in [0, 0.05) is 0 Å². The maximum atomic E-state index is 13.2. The Morgan fingerprint density at radius 1 is 1.47 bits per heavy atom. The van der Waals surface area contributed by atoms with Crippen molar-refractivity contribution in [3.8, 4) is 6.07 Å². The van der Waals surface area contributed by atoms with Crippen LogP contribution in [0.5, 0.6) is 0 Å². The van der Waals surface area contributed by atoms with E-state index in [2.05, 4.69) is 5.32 Å². The van der Waals surface area contributed by atoms with Crippen LogP contribution in [0.2, 0.25) is 0 Å². The number of benzene rings is 1. The fraction of sp³-hybridized carbons (Fsp3) is 0.333. The van der Waals surface area contributed by atoms with Gasteiger partial charge in [0.15, 0.2) is 0 Å². The maximum Gasteiger partial charge on any atom is 0.412 e. The van der Waals surface area contributed by atoms with Gasteiger partial charge >= 0.3 is 6.09 Å². The van der Waals surface area contributed by atoms with Crippen molar-refractivity contribution < 1.29 is 13.9 Å². The normalized spacial score (nSPS) is 10.5. The van der Waals surface area contributed by atoms with Crippen molar-refractivity contribution >= 4 is 11.8 Å². The van der Waals surface area contributed by atoms with E-state index in [-0.39, 0.29) is 11.3 Å². The molecular formula is C12H13FN2O2. The van der Waals surface area contributed by atoms with Crippen LogP contribution in [-0.4, -0.2) is 11.7 Å². The first-order chi connectivity index (χ1) is 7.83. The average molecular weight is 236 g/mol. The zero-order chi connectivity index (χ0) is 13.1. The summed E-state index contributed by atoms with van der Waals surface area (Å²) in [7, 11) is 0. The van der Waals surface area contributed by atoms with E-state index < -0.39 is 17.5 Å². The fourth-order valence-electron chi connectivity index (χ4n) is 1.16. The second kappa shape index (κ2) is 4.83. The lowest BCUT2D eigenvalue weighted by Crippen LogP contribution is -2.27. The van der Waals surface area contributed by atoms with Crippen LogP contribution in [0.25, 0.3) is 0 Å². The van der Waals surface area contributed by atoms with Crippen molar-refractivity contribution in [2.75, 3.05) is 5.32 Å². The maximum absolute atomic E-state index is 13.2. The highest BCUT2D eigenvalue weighted by Gasteiger charge is 2.18. The van der Waals surface area contributed by atoms with Crippen molar-refractivity contribution in [2.24, 2.45) is 0 Å². The summed E-state index contributed by atoms with van der Waals surface area (Å²) in [5, 5.41) is 11.1. The minimum atomic E-state index is -0.723. The molecule has 1 aromatic rings. The summed E-state index contributed by atoms with van der Waals surface area (Å²) < 4.78 is 18.2. The van der Waals surface area contributed by atoms with E-state index >= 15 is 0 Å². The zero-order valence-electron chi connectivity index (χ0n) is 9.87. The van der Waals surface area contributed by atoms with Gasteiger partial charge in [-0.25, -0.2) is 9.18 Å². The first kappa shape index (κ1) is 13.0. The number of halogens is 1. The molecular weight excluding hydrogens is 223 g/mol. The minimum absolute atomic E-state index is 0.0988. The number of nitriles is 1. The minimum Gasteiger partial charge on any atom is -0.444 e. The number of ether oxygens (including phenoxy) is 1. The molecule has 0 aliphatic rings. The molecule has 5 heteroatoms. The third-order valence-corrected chi connectivity index (χ3v) is 1.76. The summed E-state index contributed by atoms with van der Waals surface area (Å²) in [6, 6.07) is 5.68.